The van der Waals surface area contributed by atoms with Gasteiger partial charge in [-0.15, -0.1) is 0 Å². The molecule has 2 nitrogen and oxygen atoms in total. The lowest BCUT2D eigenvalue weighted by atomic mass is 9.86. The van der Waals surface area contributed by atoms with Crippen LogP contribution in [0.2, 0.25) is 0 Å². The molecule has 0 saturated carbocycles. The molecule has 0 aliphatic heterocycles. The number of hydrogen-bond donors (Lipinski definition) is 0. The molecule has 0 saturated heterocycles. The van der Waals surface area contributed by atoms with Crippen LogP contribution in [0.3, 0.4) is 0 Å². The van der Waals surface area contributed by atoms with Crippen molar-refractivity contribution in [3.05, 3.63) is 11.6 Å². The summed E-state index contributed by atoms with van der Waals surface area (Å²) >= 11 is 0. The lowest BCUT2D eigenvalue weighted by Gasteiger charge is -2.23. The second-order valence-corrected chi connectivity index (χ2v) is 4.35. The van der Waals surface area contributed by atoms with Crippen LogP contribution >= 0.6 is 0 Å². The van der Waals surface area contributed by atoms with Crippen molar-refractivity contribution in [2.75, 3.05) is 0 Å². The fraction of sp³-hybridized carbons (Fsp3) is 0.750. The third-order valence-electron chi connectivity index (χ3n) is 2.78. The van der Waals surface area contributed by atoms with Gasteiger partial charge in [0, 0.05) is 6.92 Å². The van der Waals surface area contributed by atoms with E-state index in [4.69, 9.17) is 4.74 Å². The first-order valence-electron chi connectivity index (χ1n) is 5.40. The summed E-state index contributed by atoms with van der Waals surface area (Å²) in [7, 11) is 0. The summed E-state index contributed by atoms with van der Waals surface area (Å²) in [5.41, 5.74) is 1.50. The number of rotatable bonds is 3. The molecule has 2 atom stereocenters. The van der Waals surface area contributed by atoms with E-state index in [-0.39, 0.29) is 12.1 Å². The van der Waals surface area contributed by atoms with Gasteiger partial charge in [0.1, 0.15) is 0 Å². The zero-order valence-corrected chi connectivity index (χ0v) is 9.38. The molecule has 0 amide bonds. The number of ether oxygens (including phenoxy) is 1. The molecule has 1 aliphatic carbocycles. The topological polar surface area (TPSA) is 26.3 Å². The normalized spacial score (nSPS) is 23.9. The summed E-state index contributed by atoms with van der Waals surface area (Å²) in [6, 6.07) is 0. The molecule has 0 bridgehead atoms. The summed E-state index contributed by atoms with van der Waals surface area (Å²) < 4.78 is 5.12. The van der Waals surface area contributed by atoms with Gasteiger partial charge in [-0.25, -0.2) is 0 Å². The highest BCUT2D eigenvalue weighted by Crippen LogP contribution is 2.27. The van der Waals surface area contributed by atoms with Crippen LogP contribution in [0.15, 0.2) is 11.6 Å². The Labute approximate surface area is 86.3 Å². The van der Waals surface area contributed by atoms with E-state index in [1.165, 1.54) is 25.3 Å². The van der Waals surface area contributed by atoms with Crippen LogP contribution in [-0.2, 0) is 9.53 Å². The van der Waals surface area contributed by atoms with Crippen LogP contribution in [0.4, 0.5) is 0 Å². The van der Waals surface area contributed by atoms with E-state index in [0.29, 0.717) is 5.92 Å². The molecule has 0 spiro atoms. The maximum atomic E-state index is 10.7. The van der Waals surface area contributed by atoms with E-state index >= 15 is 0 Å². The predicted octanol–water partition coefficient (Wildman–Crippen LogP) is 3.07. The van der Waals surface area contributed by atoms with Gasteiger partial charge in [0.05, 0.1) is 6.10 Å². The number of carbonyl (C=O) groups excluding carboxylic acids is 1. The summed E-state index contributed by atoms with van der Waals surface area (Å²) in [5.74, 6) is 0.535. The lowest BCUT2D eigenvalue weighted by molar-refractivity contribution is -0.146. The van der Waals surface area contributed by atoms with Crippen LogP contribution in [-0.4, -0.2) is 12.1 Å². The Morgan fingerprint density at radius 1 is 1.71 bits per heavy atom. The van der Waals surface area contributed by atoms with Gasteiger partial charge in [0.15, 0.2) is 0 Å². The first kappa shape index (κ1) is 11.3. The average Bonchev–Trinajstić information content (AvgIpc) is 2.07. The molecule has 1 aliphatic rings. The quantitative estimate of drug-likeness (QED) is 0.512. The molecule has 0 fully saturated rings. The van der Waals surface area contributed by atoms with Crippen LogP contribution < -0.4 is 0 Å². The number of carbonyl (C=O) groups is 1. The zero-order valence-electron chi connectivity index (χ0n) is 9.38. The van der Waals surface area contributed by atoms with Gasteiger partial charge in [0.2, 0.25) is 0 Å². The highest BCUT2D eigenvalue weighted by atomic mass is 16.5. The van der Waals surface area contributed by atoms with Crippen LogP contribution in [0.5, 0.6) is 0 Å². The second kappa shape index (κ2) is 5.18. The van der Waals surface area contributed by atoms with Gasteiger partial charge < -0.3 is 4.74 Å². The van der Waals surface area contributed by atoms with Gasteiger partial charge in [-0.2, -0.15) is 0 Å². The Balaban J connectivity index is 2.28. The van der Waals surface area contributed by atoms with Gasteiger partial charge in [-0.05, 0) is 45.4 Å². The van der Waals surface area contributed by atoms with Crippen molar-refractivity contribution in [1.29, 1.82) is 0 Å². The monoisotopic (exact) mass is 196 g/mol. The number of hydrogen-bond acceptors (Lipinski definition) is 2. The minimum absolute atomic E-state index is 0.0734. The molecule has 0 aromatic rings. The van der Waals surface area contributed by atoms with Crippen molar-refractivity contribution in [3.8, 4) is 0 Å². The van der Waals surface area contributed by atoms with Gasteiger partial charge in [-0.1, -0.05) is 11.6 Å². The minimum atomic E-state index is -0.167. The first-order chi connectivity index (χ1) is 6.58. The van der Waals surface area contributed by atoms with Crippen LogP contribution in [0.25, 0.3) is 0 Å². The van der Waals surface area contributed by atoms with E-state index in [1.54, 1.807) is 0 Å². The van der Waals surface area contributed by atoms with E-state index in [0.717, 1.165) is 12.8 Å². The smallest absolute Gasteiger partial charge is 0.302 e. The van der Waals surface area contributed by atoms with E-state index in [9.17, 15) is 4.79 Å². The third-order valence-corrected chi connectivity index (χ3v) is 2.78. The maximum Gasteiger partial charge on any atom is 0.302 e. The molecule has 80 valence electrons. The minimum Gasteiger partial charge on any atom is -0.463 e. The summed E-state index contributed by atoms with van der Waals surface area (Å²) in [4.78, 5) is 10.7. The van der Waals surface area contributed by atoms with Gasteiger partial charge in [-0.3, -0.25) is 4.79 Å². The summed E-state index contributed by atoms with van der Waals surface area (Å²) in [6.45, 7) is 5.64. The molecule has 0 N–H and O–H groups in total. The fourth-order valence-corrected chi connectivity index (χ4v) is 2.03. The summed E-state index contributed by atoms with van der Waals surface area (Å²) in [6.07, 6.45) is 6.99. The Morgan fingerprint density at radius 2 is 2.43 bits per heavy atom. The van der Waals surface area contributed by atoms with Crippen LogP contribution in [0.1, 0.15) is 46.5 Å². The molecule has 1 rings (SSSR count). The van der Waals surface area contributed by atoms with Crippen LogP contribution in [0, 0.1) is 5.92 Å². The van der Waals surface area contributed by atoms with E-state index in [1.807, 2.05) is 6.92 Å². The highest BCUT2D eigenvalue weighted by molar-refractivity contribution is 5.66. The van der Waals surface area contributed by atoms with Crippen molar-refractivity contribution in [2.24, 2.45) is 5.92 Å². The highest BCUT2D eigenvalue weighted by Gasteiger charge is 2.16. The maximum absolute atomic E-state index is 10.7. The molecule has 0 aromatic heterocycles. The SMILES string of the molecule is CC(=O)OC(C)CC1CC=C(C)CC1. The zero-order chi connectivity index (χ0) is 10.6. The van der Waals surface area contributed by atoms with Gasteiger partial charge in [0.25, 0.3) is 0 Å². The van der Waals surface area contributed by atoms with Crippen molar-refractivity contribution in [1.82, 2.24) is 0 Å². The predicted molar refractivity (Wildman–Crippen MR) is 56.9 cm³/mol. The Kier molecular flexibility index (Phi) is 4.18. The summed E-state index contributed by atoms with van der Waals surface area (Å²) in [5, 5.41) is 0. The molecule has 0 radical (unpaired) electrons. The van der Waals surface area contributed by atoms with Crippen molar-refractivity contribution in [3.63, 3.8) is 0 Å². The Bertz CT molecular complexity index is 230. The average molecular weight is 196 g/mol. The molecule has 14 heavy (non-hydrogen) atoms. The van der Waals surface area contributed by atoms with Crippen molar-refractivity contribution in [2.45, 2.75) is 52.6 Å². The third kappa shape index (κ3) is 3.95. The molecule has 2 heteroatoms. The van der Waals surface area contributed by atoms with Crippen molar-refractivity contribution < 1.29 is 9.53 Å². The lowest BCUT2D eigenvalue weighted by Crippen LogP contribution is -2.18. The number of esters is 1. The molecule has 0 aromatic carbocycles. The van der Waals surface area contributed by atoms with Gasteiger partial charge >= 0.3 is 5.97 Å². The molecule has 2 unspecified atom stereocenters. The molecular weight excluding hydrogens is 176 g/mol. The molecular formula is C12H20O2. The Morgan fingerprint density at radius 3 is 2.93 bits per heavy atom. The van der Waals surface area contributed by atoms with Crippen molar-refractivity contribution >= 4 is 5.97 Å². The van der Waals surface area contributed by atoms with E-state index < -0.39 is 0 Å². The number of allylic oxidation sites excluding steroid dienone is 2. The molecule has 0 heterocycles. The standard InChI is InChI=1S/C12H20O2/c1-9-4-6-12(7-5-9)8-10(2)14-11(3)13/h4,10,12H,5-8H2,1-3H3. The van der Waals surface area contributed by atoms with E-state index in [2.05, 4.69) is 13.0 Å². The second-order valence-electron chi connectivity index (χ2n) is 4.35. The first-order valence-corrected chi connectivity index (χ1v) is 5.40. The largest absolute Gasteiger partial charge is 0.463 e. The fourth-order valence-electron chi connectivity index (χ4n) is 2.03. The Hall–Kier alpha value is -0.790.